The predicted molar refractivity (Wildman–Crippen MR) is 80.9 cm³/mol. The summed E-state index contributed by atoms with van der Waals surface area (Å²) in [5.74, 6) is 0.614. The monoisotopic (exact) mass is 316 g/mol. The lowest BCUT2D eigenvalue weighted by Crippen LogP contribution is -2.33. The lowest BCUT2D eigenvalue weighted by Gasteiger charge is -2.30. The van der Waals surface area contributed by atoms with Crippen molar-refractivity contribution >= 4 is 11.6 Å². The van der Waals surface area contributed by atoms with Crippen molar-refractivity contribution in [2.24, 2.45) is 0 Å². The Kier molecular flexibility index (Phi) is 3.69. The Balaban J connectivity index is 2.27. The molecule has 0 saturated carbocycles. The number of fused-ring (bicyclic) bond motifs is 1. The van der Waals surface area contributed by atoms with Gasteiger partial charge in [-0.2, -0.15) is 0 Å². The van der Waals surface area contributed by atoms with Gasteiger partial charge in [-0.05, 0) is 19.1 Å². The summed E-state index contributed by atoms with van der Waals surface area (Å²) in [5.41, 5.74) is 0.939. The number of Topliss-reactive ketones (excluding diaryl/α,β-unsaturated/α-hetero) is 2. The van der Waals surface area contributed by atoms with E-state index < -0.39 is 6.29 Å². The normalized spacial score (nSPS) is 19.7. The molecule has 0 fully saturated rings. The van der Waals surface area contributed by atoms with Crippen molar-refractivity contribution in [3.05, 3.63) is 46.2 Å². The number of benzene rings is 1. The van der Waals surface area contributed by atoms with Crippen LogP contribution in [0.3, 0.4) is 0 Å². The van der Waals surface area contributed by atoms with Gasteiger partial charge in [-0.25, -0.2) is 0 Å². The van der Waals surface area contributed by atoms with E-state index in [-0.39, 0.29) is 39.6 Å². The molecule has 0 amide bonds. The standard InChI is InChI=1S/C17H16O6/c1-8-5-10-14(17(22-4)23-8)16(19)13-11(15(10)18)6-9(20-2)7-12(13)21-3/h5-7,17H,1-4H3. The van der Waals surface area contributed by atoms with Crippen LogP contribution in [0.15, 0.2) is 35.1 Å². The number of rotatable bonds is 3. The summed E-state index contributed by atoms with van der Waals surface area (Å²) in [6, 6.07) is 3.12. The number of allylic oxidation sites excluding steroid dienone is 3. The van der Waals surface area contributed by atoms with Gasteiger partial charge in [0.05, 0.1) is 31.1 Å². The van der Waals surface area contributed by atoms with Crippen molar-refractivity contribution in [3.8, 4) is 11.5 Å². The van der Waals surface area contributed by atoms with Crippen LogP contribution in [0.2, 0.25) is 0 Å². The molecule has 0 radical (unpaired) electrons. The molecule has 0 spiro atoms. The third-order valence-corrected chi connectivity index (χ3v) is 3.87. The van der Waals surface area contributed by atoms with Crippen LogP contribution in [0, 0.1) is 0 Å². The maximum atomic E-state index is 12.9. The van der Waals surface area contributed by atoms with Crippen molar-refractivity contribution in [1.82, 2.24) is 0 Å². The number of ketones is 2. The van der Waals surface area contributed by atoms with Crippen LogP contribution in [0.4, 0.5) is 0 Å². The van der Waals surface area contributed by atoms with Crippen LogP contribution in [0.5, 0.6) is 11.5 Å². The molecule has 1 unspecified atom stereocenters. The Bertz CT molecular complexity index is 772. The van der Waals surface area contributed by atoms with Crippen molar-refractivity contribution in [1.29, 1.82) is 0 Å². The summed E-state index contributed by atoms with van der Waals surface area (Å²) < 4.78 is 21.2. The van der Waals surface area contributed by atoms with E-state index in [1.807, 2.05) is 0 Å². The smallest absolute Gasteiger partial charge is 0.230 e. The van der Waals surface area contributed by atoms with Crippen molar-refractivity contribution in [3.63, 3.8) is 0 Å². The van der Waals surface area contributed by atoms with Crippen LogP contribution in [-0.4, -0.2) is 39.2 Å². The lowest BCUT2D eigenvalue weighted by molar-refractivity contribution is -0.0679. The van der Waals surface area contributed by atoms with Gasteiger partial charge >= 0.3 is 0 Å². The Labute approximate surface area is 133 Å². The Morgan fingerprint density at radius 2 is 1.78 bits per heavy atom. The molecule has 0 N–H and O–H groups in total. The lowest BCUT2D eigenvalue weighted by atomic mass is 9.82. The molecule has 3 rings (SSSR count). The van der Waals surface area contributed by atoms with Gasteiger partial charge in [-0.15, -0.1) is 0 Å². The van der Waals surface area contributed by atoms with Gasteiger partial charge in [0.1, 0.15) is 11.5 Å². The minimum absolute atomic E-state index is 0.194. The first kappa shape index (κ1) is 15.3. The van der Waals surface area contributed by atoms with Gasteiger partial charge in [0, 0.05) is 24.3 Å². The molecule has 6 nitrogen and oxygen atoms in total. The summed E-state index contributed by atoms with van der Waals surface area (Å²) >= 11 is 0. The Hall–Kier alpha value is -2.60. The first-order valence-electron chi connectivity index (χ1n) is 6.99. The molecule has 1 atom stereocenters. The number of methoxy groups -OCH3 is 3. The average molecular weight is 316 g/mol. The summed E-state index contributed by atoms with van der Waals surface area (Å²) in [4.78, 5) is 25.8. The molecule has 1 aliphatic carbocycles. The molecule has 120 valence electrons. The van der Waals surface area contributed by atoms with Crippen molar-refractivity contribution < 1.29 is 28.5 Å². The quantitative estimate of drug-likeness (QED) is 0.852. The van der Waals surface area contributed by atoms with Gasteiger partial charge in [0.15, 0.2) is 5.78 Å². The van der Waals surface area contributed by atoms with E-state index >= 15 is 0 Å². The summed E-state index contributed by atoms with van der Waals surface area (Å²) in [7, 11) is 4.35. The molecule has 23 heavy (non-hydrogen) atoms. The fourth-order valence-corrected chi connectivity index (χ4v) is 2.82. The molecule has 1 aromatic rings. The molecular weight excluding hydrogens is 300 g/mol. The number of hydrogen-bond donors (Lipinski definition) is 0. The highest BCUT2D eigenvalue weighted by atomic mass is 16.7. The second kappa shape index (κ2) is 5.55. The molecule has 1 aliphatic heterocycles. The summed E-state index contributed by atoms with van der Waals surface area (Å²) in [6.07, 6.45) is 0.645. The SMILES string of the molecule is COc1cc(OC)c2c(c1)C(=O)C1=C(C2=O)C(OC)OC(C)=C1. The van der Waals surface area contributed by atoms with E-state index in [2.05, 4.69) is 0 Å². The zero-order valence-electron chi connectivity index (χ0n) is 13.3. The number of carbonyl (C=O) groups is 2. The second-order valence-electron chi connectivity index (χ2n) is 5.18. The van der Waals surface area contributed by atoms with E-state index in [1.54, 1.807) is 25.1 Å². The maximum Gasteiger partial charge on any atom is 0.230 e. The minimum Gasteiger partial charge on any atom is -0.497 e. The van der Waals surface area contributed by atoms with E-state index in [0.717, 1.165) is 0 Å². The first-order valence-corrected chi connectivity index (χ1v) is 6.99. The highest BCUT2D eigenvalue weighted by Crippen LogP contribution is 2.40. The van der Waals surface area contributed by atoms with Crippen LogP contribution in [-0.2, 0) is 9.47 Å². The fraction of sp³-hybridized carbons (Fsp3) is 0.294. The first-order chi connectivity index (χ1) is 11.0. The van der Waals surface area contributed by atoms with E-state index in [0.29, 0.717) is 11.5 Å². The molecule has 0 bridgehead atoms. The topological polar surface area (TPSA) is 71.1 Å². The van der Waals surface area contributed by atoms with E-state index in [1.165, 1.54) is 21.3 Å². The van der Waals surface area contributed by atoms with Crippen molar-refractivity contribution in [2.45, 2.75) is 13.2 Å². The molecular formula is C17H16O6. The van der Waals surface area contributed by atoms with E-state index in [9.17, 15) is 9.59 Å². The summed E-state index contributed by atoms with van der Waals surface area (Å²) in [6.45, 7) is 1.70. The molecule has 6 heteroatoms. The average Bonchev–Trinajstić information content (AvgIpc) is 2.57. The third kappa shape index (κ3) is 2.22. The summed E-state index contributed by atoms with van der Waals surface area (Å²) in [5, 5.41) is 0. The molecule has 1 heterocycles. The van der Waals surface area contributed by atoms with Gasteiger partial charge in [-0.1, -0.05) is 0 Å². The molecule has 0 saturated heterocycles. The number of ether oxygens (including phenoxy) is 4. The molecule has 0 aromatic heterocycles. The minimum atomic E-state index is -0.911. The third-order valence-electron chi connectivity index (χ3n) is 3.87. The van der Waals surface area contributed by atoms with Crippen LogP contribution < -0.4 is 9.47 Å². The Morgan fingerprint density at radius 3 is 2.39 bits per heavy atom. The van der Waals surface area contributed by atoms with Gasteiger partial charge < -0.3 is 18.9 Å². The highest BCUT2D eigenvalue weighted by molar-refractivity contribution is 6.29. The van der Waals surface area contributed by atoms with Crippen molar-refractivity contribution in [2.75, 3.05) is 21.3 Å². The number of carbonyl (C=O) groups excluding carboxylic acids is 2. The van der Waals surface area contributed by atoms with Crippen LogP contribution in [0.25, 0.3) is 0 Å². The molecule has 2 aliphatic rings. The predicted octanol–water partition coefficient (Wildman–Crippen LogP) is 2.29. The highest BCUT2D eigenvalue weighted by Gasteiger charge is 2.40. The maximum absolute atomic E-state index is 12.9. The van der Waals surface area contributed by atoms with Crippen LogP contribution in [0.1, 0.15) is 27.6 Å². The van der Waals surface area contributed by atoms with E-state index in [4.69, 9.17) is 18.9 Å². The van der Waals surface area contributed by atoms with Gasteiger partial charge in [0.2, 0.25) is 12.1 Å². The van der Waals surface area contributed by atoms with Gasteiger partial charge in [0.25, 0.3) is 0 Å². The van der Waals surface area contributed by atoms with Crippen LogP contribution >= 0.6 is 0 Å². The zero-order valence-corrected chi connectivity index (χ0v) is 13.3. The molecule has 1 aromatic carbocycles. The number of hydrogen-bond acceptors (Lipinski definition) is 6. The largest absolute Gasteiger partial charge is 0.497 e. The fourth-order valence-electron chi connectivity index (χ4n) is 2.82. The second-order valence-corrected chi connectivity index (χ2v) is 5.18. The van der Waals surface area contributed by atoms with Gasteiger partial charge in [-0.3, -0.25) is 9.59 Å². The Morgan fingerprint density at radius 1 is 1.04 bits per heavy atom. The zero-order chi connectivity index (χ0) is 16.7.